The number of carboxylic acid groups (broad SMARTS) is 2. The molecule has 2 aliphatic rings. The second kappa shape index (κ2) is 4.62. The Morgan fingerprint density at radius 1 is 1.50 bits per heavy atom. The highest BCUT2D eigenvalue weighted by Crippen LogP contribution is 2.33. The number of nitrogens with zero attached hydrogens (tertiary/aromatic N) is 1. The molecule has 0 aromatic carbocycles. The second-order valence-corrected chi connectivity index (χ2v) is 4.65. The number of aliphatic carboxylic acids is 2. The summed E-state index contributed by atoms with van der Waals surface area (Å²) in [5.41, 5.74) is -1.44. The average Bonchev–Trinajstić information content (AvgIpc) is 2.76. The van der Waals surface area contributed by atoms with Gasteiger partial charge in [0.1, 0.15) is 11.2 Å². The van der Waals surface area contributed by atoms with Gasteiger partial charge in [0, 0.05) is 6.54 Å². The predicted octanol–water partition coefficient (Wildman–Crippen LogP) is 0.556. The van der Waals surface area contributed by atoms with Crippen molar-refractivity contribution in [1.29, 1.82) is 0 Å². The van der Waals surface area contributed by atoms with Crippen molar-refractivity contribution in [2.24, 2.45) is 0 Å². The Balaban J connectivity index is 2.30. The normalized spacial score (nSPS) is 31.3. The first kappa shape index (κ1) is 12.9. The molecule has 2 aliphatic heterocycles. The summed E-state index contributed by atoms with van der Waals surface area (Å²) in [6.45, 7) is 0.334. The molecule has 2 heterocycles. The topological polar surface area (TPSA) is 89.9 Å². The molecule has 3 N–H and O–H groups in total. The molecule has 0 aromatic heterocycles. The standard InChI is InChI=1S/C11H13ClN2O4/c12-8-3-1-2-6-14(8)11(10(17)18)5-4-7(13-11)9(15)16/h1-3,7,13H,4-6H2,(H,15,16)(H,17,18)/t7?,11-/m0/s1. The van der Waals surface area contributed by atoms with Crippen LogP contribution in [0.1, 0.15) is 12.8 Å². The van der Waals surface area contributed by atoms with E-state index in [0.29, 0.717) is 11.7 Å². The molecule has 6 nitrogen and oxygen atoms in total. The quantitative estimate of drug-likeness (QED) is 0.651. The Hall–Kier alpha value is -1.53. The van der Waals surface area contributed by atoms with Crippen molar-refractivity contribution in [2.45, 2.75) is 24.5 Å². The molecule has 98 valence electrons. The zero-order chi connectivity index (χ0) is 13.3. The predicted molar refractivity (Wildman–Crippen MR) is 63.9 cm³/mol. The van der Waals surface area contributed by atoms with E-state index in [2.05, 4.69) is 5.32 Å². The summed E-state index contributed by atoms with van der Waals surface area (Å²) in [4.78, 5) is 23.9. The van der Waals surface area contributed by atoms with Crippen LogP contribution in [0.4, 0.5) is 0 Å². The Morgan fingerprint density at radius 2 is 2.22 bits per heavy atom. The Morgan fingerprint density at radius 3 is 2.72 bits per heavy atom. The smallest absolute Gasteiger partial charge is 0.344 e. The van der Waals surface area contributed by atoms with Crippen molar-refractivity contribution in [1.82, 2.24) is 10.2 Å². The first-order chi connectivity index (χ1) is 8.47. The van der Waals surface area contributed by atoms with E-state index in [-0.39, 0.29) is 12.8 Å². The van der Waals surface area contributed by atoms with Crippen LogP contribution in [0.5, 0.6) is 0 Å². The molecule has 0 amide bonds. The van der Waals surface area contributed by atoms with E-state index in [0.717, 1.165) is 0 Å². The van der Waals surface area contributed by atoms with Crippen LogP contribution in [-0.4, -0.2) is 45.3 Å². The number of hydrogen-bond acceptors (Lipinski definition) is 4. The van der Waals surface area contributed by atoms with Gasteiger partial charge >= 0.3 is 11.9 Å². The summed E-state index contributed by atoms with van der Waals surface area (Å²) in [5.74, 6) is -2.17. The van der Waals surface area contributed by atoms with Crippen LogP contribution in [0.15, 0.2) is 23.4 Å². The van der Waals surface area contributed by atoms with Gasteiger partial charge in [-0.2, -0.15) is 0 Å². The molecule has 2 rings (SSSR count). The van der Waals surface area contributed by atoms with Crippen molar-refractivity contribution in [3.05, 3.63) is 23.4 Å². The first-order valence-corrected chi connectivity index (χ1v) is 5.89. The number of carboxylic acids is 2. The Bertz CT molecular complexity index is 448. The van der Waals surface area contributed by atoms with Gasteiger partial charge in [0.05, 0.1) is 0 Å². The van der Waals surface area contributed by atoms with Gasteiger partial charge in [-0.15, -0.1) is 0 Å². The van der Waals surface area contributed by atoms with Crippen molar-refractivity contribution in [3.8, 4) is 0 Å². The highest BCUT2D eigenvalue weighted by atomic mass is 35.5. The van der Waals surface area contributed by atoms with Gasteiger partial charge in [0.25, 0.3) is 0 Å². The van der Waals surface area contributed by atoms with Crippen molar-refractivity contribution >= 4 is 23.5 Å². The molecule has 1 fully saturated rings. The maximum Gasteiger partial charge on any atom is 0.344 e. The third-order valence-electron chi connectivity index (χ3n) is 3.24. The summed E-state index contributed by atoms with van der Waals surface area (Å²) < 4.78 is 0. The van der Waals surface area contributed by atoms with Crippen LogP contribution in [-0.2, 0) is 9.59 Å². The van der Waals surface area contributed by atoms with Crippen LogP contribution >= 0.6 is 11.6 Å². The van der Waals surface area contributed by atoms with Gasteiger partial charge in [-0.1, -0.05) is 23.8 Å². The summed E-state index contributed by atoms with van der Waals surface area (Å²) >= 11 is 6.01. The lowest BCUT2D eigenvalue weighted by Crippen LogP contribution is -2.62. The van der Waals surface area contributed by atoms with Crippen LogP contribution in [0, 0.1) is 0 Å². The third kappa shape index (κ3) is 1.97. The number of carbonyl (C=O) groups is 2. The fraction of sp³-hybridized carbons (Fsp3) is 0.455. The molecule has 0 aliphatic carbocycles. The van der Waals surface area contributed by atoms with Crippen LogP contribution in [0.2, 0.25) is 0 Å². The molecular weight excluding hydrogens is 260 g/mol. The largest absolute Gasteiger partial charge is 0.480 e. The van der Waals surface area contributed by atoms with Crippen LogP contribution in [0.25, 0.3) is 0 Å². The van der Waals surface area contributed by atoms with E-state index in [1.54, 1.807) is 18.2 Å². The van der Waals surface area contributed by atoms with Crippen molar-refractivity contribution < 1.29 is 19.8 Å². The van der Waals surface area contributed by atoms with Gasteiger partial charge in [0.15, 0.2) is 5.66 Å². The highest BCUT2D eigenvalue weighted by Gasteiger charge is 2.52. The molecule has 0 aromatic rings. The lowest BCUT2D eigenvalue weighted by molar-refractivity contribution is -0.152. The average molecular weight is 273 g/mol. The molecule has 0 spiro atoms. The van der Waals surface area contributed by atoms with E-state index in [9.17, 15) is 14.7 Å². The van der Waals surface area contributed by atoms with Crippen molar-refractivity contribution in [3.63, 3.8) is 0 Å². The van der Waals surface area contributed by atoms with Gasteiger partial charge < -0.3 is 15.1 Å². The van der Waals surface area contributed by atoms with Gasteiger partial charge in [-0.3, -0.25) is 10.1 Å². The molecule has 0 radical (unpaired) electrons. The minimum atomic E-state index is -1.44. The van der Waals surface area contributed by atoms with Crippen LogP contribution in [0.3, 0.4) is 0 Å². The molecule has 1 unspecified atom stereocenters. The summed E-state index contributed by atoms with van der Waals surface area (Å²) in [6, 6.07) is -0.864. The summed E-state index contributed by atoms with van der Waals surface area (Å²) in [5, 5.41) is 21.3. The SMILES string of the molecule is O=C(O)C1CC[C@@](C(=O)O)(N2CC=CC=C2Cl)N1. The fourth-order valence-corrected chi connectivity index (χ4v) is 2.58. The molecule has 18 heavy (non-hydrogen) atoms. The highest BCUT2D eigenvalue weighted by molar-refractivity contribution is 6.29. The Kier molecular flexibility index (Phi) is 3.32. The molecule has 0 bridgehead atoms. The third-order valence-corrected chi connectivity index (χ3v) is 3.57. The minimum absolute atomic E-state index is 0.192. The van der Waals surface area contributed by atoms with Gasteiger partial charge in [-0.25, -0.2) is 4.79 Å². The number of halogens is 1. The van der Waals surface area contributed by atoms with Gasteiger partial charge in [-0.05, 0) is 18.9 Å². The van der Waals surface area contributed by atoms with E-state index in [1.165, 1.54) is 4.90 Å². The minimum Gasteiger partial charge on any atom is -0.480 e. The molecule has 0 saturated carbocycles. The maximum absolute atomic E-state index is 11.5. The molecule has 2 atom stereocenters. The van der Waals surface area contributed by atoms with E-state index < -0.39 is 23.6 Å². The Labute approximate surface area is 109 Å². The van der Waals surface area contributed by atoms with E-state index >= 15 is 0 Å². The van der Waals surface area contributed by atoms with E-state index in [4.69, 9.17) is 16.7 Å². The first-order valence-electron chi connectivity index (χ1n) is 5.51. The molecule has 1 saturated heterocycles. The maximum atomic E-state index is 11.5. The van der Waals surface area contributed by atoms with Gasteiger partial charge in [0.2, 0.25) is 0 Å². The zero-order valence-electron chi connectivity index (χ0n) is 9.47. The number of allylic oxidation sites excluding steroid dienone is 2. The van der Waals surface area contributed by atoms with E-state index in [1.807, 2.05) is 0 Å². The number of nitrogens with one attached hydrogen (secondary N) is 1. The van der Waals surface area contributed by atoms with Crippen molar-refractivity contribution in [2.75, 3.05) is 6.54 Å². The molecule has 7 heteroatoms. The fourth-order valence-electron chi connectivity index (χ4n) is 2.30. The number of hydrogen-bond donors (Lipinski definition) is 3. The lowest BCUT2D eigenvalue weighted by Gasteiger charge is -2.39. The monoisotopic (exact) mass is 272 g/mol. The summed E-state index contributed by atoms with van der Waals surface area (Å²) in [6.07, 6.45) is 5.54. The van der Waals surface area contributed by atoms with Crippen LogP contribution < -0.4 is 5.32 Å². The molecular formula is C11H13ClN2O4. The zero-order valence-corrected chi connectivity index (χ0v) is 10.2. The second-order valence-electron chi connectivity index (χ2n) is 4.27. The lowest BCUT2D eigenvalue weighted by atomic mass is 10.1. The number of rotatable bonds is 3. The summed E-state index contributed by atoms with van der Waals surface area (Å²) in [7, 11) is 0.